The number of fused-ring (bicyclic) bond motifs is 2. The predicted molar refractivity (Wildman–Crippen MR) is 93.5 cm³/mol. The number of carbonyl (C=O) groups is 1. The largest absolute Gasteiger partial charge is 0.374 e. The number of pyridine rings is 1. The van der Waals surface area contributed by atoms with E-state index in [-0.39, 0.29) is 24.2 Å². The summed E-state index contributed by atoms with van der Waals surface area (Å²) < 4.78 is 12.2. The van der Waals surface area contributed by atoms with Crippen LogP contribution in [0.3, 0.4) is 0 Å². The first kappa shape index (κ1) is 16.6. The Morgan fingerprint density at radius 3 is 3.00 bits per heavy atom. The first-order valence-electron chi connectivity index (χ1n) is 8.57. The molecule has 3 unspecified atom stereocenters. The average molecular weight is 359 g/mol. The Morgan fingerprint density at radius 2 is 2.24 bits per heavy atom. The molecule has 0 radical (unpaired) electrons. The Kier molecular flexibility index (Phi) is 4.78. The van der Waals surface area contributed by atoms with Crippen molar-refractivity contribution >= 4 is 17.2 Å². The van der Waals surface area contributed by atoms with Crippen LogP contribution in [0.15, 0.2) is 29.9 Å². The van der Waals surface area contributed by atoms with Crippen LogP contribution in [0.5, 0.6) is 0 Å². The van der Waals surface area contributed by atoms with E-state index >= 15 is 0 Å². The molecule has 1 amide bonds. The van der Waals surface area contributed by atoms with Crippen LogP contribution in [-0.2, 0) is 16.1 Å². The van der Waals surface area contributed by atoms with E-state index in [0.29, 0.717) is 25.5 Å². The van der Waals surface area contributed by atoms with Gasteiger partial charge in [0.25, 0.3) is 5.91 Å². The minimum Gasteiger partial charge on any atom is -0.374 e. The number of rotatable bonds is 4. The van der Waals surface area contributed by atoms with Gasteiger partial charge in [0, 0.05) is 24.3 Å². The number of ether oxygens (including phenoxy) is 2. The van der Waals surface area contributed by atoms with Crippen LogP contribution < -0.4 is 0 Å². The molecule has 7 heteroatoms. The van der Waals surface area contributed by atoms with E-state index in [0.717, 1.165) is 23.4 Å². The van der Waals surface area contributed by atoms with Crippen LogP contribution in [0.2, 0.25) is 0 Å². The van der Waals surface area contributed by atoms with Crippen molar-refractivity contribution in [3.8, 4) is 0 Å². The summed E-state index contributed by atoms with van der Waals surface area (Å²) in [6.45, 7) is 3.55. The number of hydrogen-bond acceptors (Lipinski definition) is 6. The molecule has 4 rings (SSSR count). The normalized spacial score (nSPS) is 25.8. The van der Waals surface area contributed by atoms with E-state index in [9.17, 15) is 4.79 Å². The SMILES string of the molecule is Cc1nc(C(=O)N2CCOC3CCC2C3OCc2ccncc2)cs1. The smallest absolute Gasteiger partial charge is 0.273 e. The molecule has 2 bridgehead atoms. The Bertz CT molecular complexity index is 736. The van der Waals surface area contributed by atoms with Gasteiger partial charge in [-0.2, -0.15) is 0 Å². The summed E-state index contributed by atoms with van der Waals surface area (Å²) in [6, 6.07) is 3.93. The van der Waals surface area contributed by atoms with Crippen molar-refractivity contribution in [1.29, 1.82) is 0 Å². The summed E-state index contributed by atoms with van der Waals surface area (Å²) in [5.41, 5.74) is 1.60. The molecule has 0 spiro atoms. The molecule has 2 fully saturated rings. The number of aromatic nitrogens is 2. The van der Waals surface area contributed by atoms with Crippen LogP contribution in [0, 0.1) is 6.92 Å². The first-order valence-corrected chi connectivity index (χ1v) is 9.45. The average Bonchev–Trinajstić information content (AvgIpc) is 3.17. The second kappa shape index (κ2) is 7.19. The van der Waals surface area contributed by atoms with Crippen molar-refractivity contribution in [1.82, 2.24) is 14.9 Å². The Morgan fingerprint density at radius 1 is 1.40 bits per heavy atom. The van der Waals surface area contributed by atoms with Crippen LogP contribution in [-0.4, -0.2) is 52.2 Å². The molecular weight excluding hydrogens is 338 g/mol. The lowest BCUT2D eigenvalue weighted by molar-refractivity contribution is -0.0598. The second-order valence-corrected chi connectivity index (χ2v) is 7.50. The maximum Gasteiger partial charge on any atom is 0.273 e. The maximum atomic E-state index is 12.9. The lowest BCUT2D eigenvalue weighted by Crippen LogP contribution is -2.46. The van der Waals surface area contributed by atoms with E-state index in [1.807, 2.05) is 29.3 Å². The Balaban J connectivity index is 1.50. The third-order valence-electron chi connectivity index (χ3n) is 4.85. The molecular formula is C18H21N3O3S. The van der Waals surface area contributed by atoms with E-state index in [1.165, 1.54) is 11.3 Å². The molecule has 1 saturated heterocycles. The van der Waals surface area contributed by atoms with Crippen molar-refractivity contribution in [2.24, 2.45) is 0 Å². The summed E-state index contributed by atoms with van der Waals surface area (Å²) in [5, 5.41) is 2.74. The molecule has 6 nitrogen and oxygen atoms in total. The highest BCUT2D eigenvalue weighted by atomic mass is 32.1. The number of aryl methyl sites for hydroxylation is 1. The summed E-state index contributed by atoms with van der Waals surface area (Å²) in [5.74, 6) is -0.0157. The van der Waals surface area contributed by atoms with Crippen LogP contribution in [0.25, 0.3) is 0 Å². The zero-order valence-electron chi connectivity index (χ0n) is 14.1. The zero-order valence-corrected chi connectivity index (χ0v) is 14.9. The molecule has 25 heavy (non-hydrogen) atoms. The minimum atomic E-state index is -0.0978. The van der Waals surface area contributed by atoms with Crippen LogP contribution in [0.1, 0.15) is 33.9 Å². The third-order valence-corrected chi connectivity index (χ3v) is 5.62. The second-order valence-electron chi connectivity index (χ2n) is 6.44. The third kappa shape index (κ3) is 3.44. The van der Waals surface area contributed by atoms with Gasteiger partial charge in [-0.3, -0.25) is 9.78 Å². The van der Waals surface area contributed by atoms with Gasteiger partial charge in [-0.25, -0.2) is 4.98 Å². The van der Waals surface area contributed by atoms with Crippen molar-refractivity contribution < 1.29 is 14.3 Å². The highest BCUT2D eigenvalue weighted by Gasteiger charge is 2.45. The van der Waals surface area contributed by atoms with Gasteiger partial charge >= 0.3 is 0 Å². The van der Waals surface area contributed by atoms with E-state index in [1.54, 1.807) is 12.4 Å². The fourth-order valence-electron chi connectivity index (χ4n) is 3.64. The van der Waals surface area contributed by atoms with E-state index in [4.69, 9.17) is 9.47 Å². The lowest BCUT2D eigenvalue weighted by Gasteiger charge is -2.30. The van der Waals surface area contributed by atoms with Gasteiger partial charge in [-0.05, 0) is 37.5 Å². The highest BCUT2D eigenvalue weighted by molar-refractivity contribution is 7.09. The van der Waals surface area contributed by atoms with Crippen LogP contribution >= 0.6 is 11.3 Å². The predicted octanol–water partition coefficient (Wildman–Crippen LogP) is 2.44. The molecule has 3 heterocycles. The van der Waals surface area contributed by atoms with Gasteiger partial charge in [-0.15, -0.1) is 11.3 Å². The van der Waals surface area contributed by atoms with E-state index < -0.39 is 0 Å². The van der Waals surface area contributed by atoms with Gasteiger partial charge < -0.3 is 14.4 Å². The molecule has 0 N–H and O–H groups in total. The Hall–Kier alpha value is -1.83. The quantitative estimate of drug-likeness (QED) is 0.839. The van der Waals surface area contributed by atoms with Crippen LogP contribution in [0.4, 0.5) is 0 Å². The molecule has 1 aliphatic carbocycles. The summed E-state index contributed by atoms with van der Waals surface area (Å²) in [7, 11) is 0. The topological polar surface area (TPSA) is 64.6 Å². The van der Waals surface area contributed by atoms with Crippen molar-refractivity contribution in [3.63, 3.8) is 0 Å². The zero-order chi connectivity index (χ0) is 17.2. The molecule has 2 aromatic heterocycles. The maximum absolute atomic E-state index is 12.9. The number of thiazole rings is 1. The van der Waals surface area contributed by atoms with Crippen molar-refractivity contribution in [2.75, 3.05) is 13.2 Å². The van der Waals surface area contributed by atoms with Gasteiger partial charge in [0.05, 0.1) is 30.4 Å². The fraction of sp³-hybridized carbons (Fsp3) is 0.500. The van der Waals surface area contributed by atoms with E-state index in [2.05, 4.69) is 9.97 Å². The Labute approximate surface area is 150 Å². The highest BCUT2D eigenvalue weighted by Crippen LogP contribution is 2.33. The lowest BCUT2D eigenvalue weighted by atomic mass is 10.1. The van der Waals surface area contributed by atoms with Crippen molar-refractivity contribution in [3.05, 3.63) is 46.2 Å². The monoisotopic (exact) mass is 359 g/mol. The number of nitrogens with zero attached hydrogens (tertiary/aromatic N) is 3. The summed E-state index contributed by atoms with van der Waals surface area (Å²) in [6.07, 6.45) is 5.31. The number of carbonyl (C=O) groups excluding carboxylic acids is 1. The molecule has 2 aromatic rings. The molecule has 132 valence electrons. The van der Waals surface area contributed by atoms with Gasteiger partial charge in [0.15, 0.2) is 0 Å². The fourth-order valence-corrected chi connectivity index (χ4v) is 4.23. The molecule has 1 saturated carbocycles. The van der Waals surface area contributed by atoms with Gasteiger partial charge in [0.1, 0.15) is 11.8 Å². The first-order chi connectivity index (χ1) is 12.2. The molecule has 3 atom stereocenters. The number of amides is 1. The summed E-state index contributed by atoms with van der Waals surface area (Å²) in [4.78, 5) is 23.2. The molecule has 1 aliphatic heterocycles. The van der Waals surface area contributed by atoms with Gasteiger partial charge in [0.2, 0.25) is 0 Å². The number of hydrogen-bond donors (Lipinski definition) is 0. The van der Waals surface area contributed by atoms with Crippen molar-refractivity contribution in [2.45, 2.75) is 44.6 Å². The van der Waals surface area contributed by atoms with Gasteiger partial charge in [-0.1, -0.05) is 0 Å². The minimum absolute atomic E-state index is 0.0157. The standard InChI is InChI=1S/C18H21N3O3S/c1-12-20-14(11-25-12)18(22)21-8-9-23-16-3-2-15(21)17(16)24-10-13-4-6-19-7-5-13/h4-7,11,15-17H,2-3,8-10H2,1H3. The summed E-state index contributed by atoms with van der Waals surface area (Å²) >= 11 is 1.50. The molecule has 0 aromatic carbocycles. The molecule has 2 aliphatic rings.